The van der Waals surface area contributed by atoms with Gasteiger partial charge in [-0.15, -0.1) is 0 Å². The van der Waals surface area contributed by atoms with Crippen LogP contribution in [-0.2, 0) is 22.5 Å². The number of methoxy groups -OCH3 is 1. The Balaban J connectivity index is 2.06. The number of nitrogens with zero attached hydrogens (tertiary/aromatic N) is 1. The lowest BCUT2D eigenvalue weighted by molar-refractivity contribution is -0.131. The van der Waals surface area contributed by atoms with Gasteiger partial charge in [0.1, 0.15) is 11.5 Å². The highest BCUT2D eigenvalue weighted by Gasteiger charge is 2.16. The topological polar surface area (TPSA) is 59.0 Å². The molecule has 1 amide bonds. The van der Waals surface area contributed by atoms with Crippen LogP contribution in [0.2, 0.25) is 0 Å². The first kappa shape index (κ1) is 18.8. The highest BCUT2D eigenvalue weighted by Crippen LogP contribution is 2.18. The number of carbonyl (C=O) groups excluding carboxylic acids is 1. The molecule has 0 aliphatic carbocycles. The fourth-order valence-electron chi connectivity index (χ4n) is 2.51. The smallest absolute Gasteiger partial charge is 0.227 e. The van der Waals surface area contributed by atoms with Gasteiger partial charge in [0.15, 0.2) is 0 Å². The van der Waals surface area contributed by atoms with Crippen LogP contribution >= 0.6 is 0 Å². The predicted molar refractivity (Wildman–Crippen MR) is 96.7 cm³/mol. The molecule has 0 spiro atoms. The molecule has 0 radical (unpaired) electrons. The molecule has 134 valence electrons. The Labute approximate surface area is 148 Å². The first-order chi connectivity index (χ1) is 12.1. The van der Waals surface area contributed by atoms with Gasteiger partial charge in [-0.05, 0) is 30.7 Å². The number of ether oxygens (including phenoxy) is 2. The molecule has 25 heavy (non-hydrogen) atoms. The van der Waals surface area contributed by atoms with Gasteiger partial charge < -0.3 is 19.5 Å². The number of para-hydroxylation sites is 1. The minimum absolute atomic E-state index is 0.0487. The molecule has 0 aromatic heterocycles. The minimum atomic E-state index is -0.0487. The zero-order valence-corrected chi connectivity index (χ0v) is 14.8. The molecule has 0 saturated heterocycles. The largest absolute Gasteiger partial charge is 0.508 e. The van der Waals surface area contributed by atoms with Crippen molar-refractivity contribution in [2.24, 2.45) is 0 Å². The molecule has 0 heterocycles. The van der Waals surface area contributed by atoms with Crippen LogP contribution in [0.25, 0.3) is 0 Å². The molecule has 2 rings (SSSR count). The Morgan fingerprint density at radius 1 is 1.12 bits per heavy atom. The van der Waals surface area contributed by atoms with Crippen LogP contribution < -0.4 is 4.74 Å². The van der Waals surface area contributed by atoms with E-state index in [0.717, 1.165) is 11.3 Å². The lowest BCUT2D eigenvalue weighted by Gasteiger charge is -2.23. The molecule has 0 bridgehead atoms. The molecular formula is C20H25NO4. The summed E-state index contributed by atoms with van der Waals surface area (Å²) in [7, 11) is 1.61. The Bertz CT molecular complexity index is 670. The maximum Gasteiger partial charge on any atom is 0.227 e. The van der Waals surface area contributed by atoms with E-state index in [9.17, 15) is 9.90 Å². The molecule has 0 aliphatic heterocycles. The van der Waals surface area contributed by atoms with Crippen LogP contribution in [0, 0.1) is 0 Å². The van der Waals surface area contributed by atoms with Gasteiger partial charge in [-0.1, -0.05) is 30.3 Å². The third-order valence-electron chi connectivity index (χ3n) is 3.86. The highest BCUT2D eigenvalue weighted by atomic mass is 16.5. The van der Waals surface area contributed by atoms with E-state index in [4.69, 9.17) is 9.47 Å². The van der Waals surface area contributed by atoms with E-state index >= 15 is 0 Å². The van der Waals surface area contributed by atoms with Gasteiger partial charge in [-0.2, -0.15) is 0 Å². The predicted octanol–water partition coefficient (Wildman–Crippen LogP) is 3.01. The van der Waals surface area contributed by atoms with Crippen LogP contribution in [0.3, 0.4) is 0 Å². The van der Waals surface area contributed by atoms with Crippen molar-refractivity contribution in [3.63, 3.8) is 0 Å². The fourth-order valence-corrected chi connectivity index (χ4v) is 2.51. The van der Waals surface area contributed by atoms with E-state index in [2.05, 4.69) is 0 Å². The molecule has 5 nitrogen and oxygen atoms in total. The summed E-state index contributed by atoms with van der Waals surface area (Å²) in [5, 5.41) is 9.88. The standard InChI is InChI=1S/C20H25NO4/c1-3-25-18-10-8-16(9-11-18)15-21(12-13-24-2)20(23)14-17-6-4-5-7-19(17)22/h4-11,22H,3,12-15H2,1-2H3. The number of phenols is 1. The van der Waals surface area contributed by atoms with E-state index in [1.165, 1.54) is 0 Å². The van der Waals surface area contributed by atoms with Gasteiger partial charge in [0.05, 0.1) is 19.6 Å². The minimum Gasteiger partial charge on any atom is -0.508 e. The zero-order valence-electron chi connectivity index (χ0n) is 14.8. The van der Waals surface area contributed by atoms with Crippen molar-refractivity contribution < 1.29 is 19.4 Å². The summed E-state index contributed by atoms with van der Waals surface area (Å²) in [5.74, 6) is 0.909. The molecule has 2 aromatic rings. The SMILES string of the molecule is CCOc1ccc(CN(CCOC)C(=O)Cc2ccccc2O)cc1. The fraction of sp³-hybridized carbons (Fsp3) is 0.350. The third-order valence-corrected chi connectivity index (χ3v) is 3.86. The van der Waals surface area contributed by atoms with Crippen LogP contribution in [0.15, 0.2) is 48.5 Å². The molecule has 5 heteroatoms. The zero-order chi connectivity index (χ0) is 18.1. The monoisotopic (exact) mass is 343 g/mol. The number of hydrogen-bond acceptors (Lipinski definition) is 4. The van der Waals surface area contributed by atoms with Gasteiger partial charge in [0, 0.05) is 25.8 Å². The van der Waals surface area contributed by atoms with Crippen LogP contribution in [-0.4, -0.2) is 42.8 Å². The molecule has 0 fully saturated rings. The van der Waals surface area contributed by atoms with E-state index in [0.29, 0.717) is 31.9 Å². The van der Waals surface area contributed by atoms with Gasteiger partial charge in [0.2, 0.25) is 5.91 Å². The number of carbonyl (C=O) groups is 1. The molecule has 2 aromatic carbocycles. The highest BCUT2D eigenvalue weighted by molar-refractivity contribution is 5.79. The number of hydrogen-bond donors (Lipinski definition) is 1. The van der Waals surface area contributed by atoms with Crippen molar-refractivity contribution in [2.75, 3.05) is 26.9 Å². The number of benzene rings is 2. The van der Waals surface area contributed by atoms with E-state index in [1.807, 2.05) is 37.3 Å². The Kier molecular flexibility index (Phi) is 7.29. The number of aromatic hydroxyl groups is 1. The van der Waals surface area contributed by atoms with Crippen molar-refractivity contribution >= 4 is 5.91 Å². The summed E-state index contributed by atoms with van der Waals surface area (Å²) in [4.78, 5) is 14.4. The number of rotatable bonds is 9. The maximum absolute atomic E-state index is 12.7. The quantitative estimate of drug-likeness (QED) is 0.760. The van der Waals surface area contributed by atoms with Gasteiger partial charge in [-0.3, -0.25) is 4.79 Å². The Morgan fingerprint density at radius 2 is 1.84 bits per heavy atom. The van der Waals surface area contributed by atoms with Gasteiger partial charge in [-0.25, -0.2) is 0 Å². The molecule has 0 unspecified atom stereocenters. The second kappa shape index (κ2) is 9.69. The molecule has 0 aliphatic rings. The Hall–Kier alpha value is -2.53. The summed E-state index contributed by atoms with van der Waals surface area (Å²) >= 11 is 0. The Morgan fingerprint density at radius 3 is 2.48 bits per heavy atom. The molecule has 0 atom stereocenters. The molecule has 1 N–H and O–H groups in total. The van der Waals surface area contributed by atoms with Crippen molar-refractivity contribution in [1.82, 2.24) is 4.90 Å². The summed E-state index contributed by atoms with van der Waals surface area (Å²) in [5.41, 5.74) is 1.65. The number of amides is 1. The van der Waals surface area contributed by atoms with Crippen molar-refractivity contribution in [3.05, 3.63) is 59.7 Å². The lowest BCUT2D eigenvalue weighted by Crippen LogP contribution is -2.34. The summed E-state index contributed by atoms with van der Waals surface area (Å²) in [6, 6.07) is 14.6. The summed E-state index contributed by atoms with van der Waals surface area (Å²) < 4.78 is 10.6. The molecular weight excluding hydrogens is 318 g/mol. The maximum atomic E-state index is 12.7. The molecule has 0 saturated carbocycles. The second-order valence-corrected chi connectivity index (χ2v) is 5.69. The first-order valence-corrected chi connectivity index (χ1v) is 8.39. The lowest BCUT2D eigenvalue weighted by atomic mass is 10.1. The van der Waals surface area contributed by atoms with E-state index in [-0.39, 0.29) is 18.1 Å². The van der Waals surface area contributed by atoms with E-state index < -0.39 is 0 Å². The first-order valence-electron chi connectivity index (χ1n) is 8.39. The van der Waals surface area contributed by atoms with Crippen LogP contribution in [0.5, 0.6) is 11.5 Å². The summed E-state index contributed by atoms with van der Waals surface area (Å²) in [6.07, 6.45) is 0.160. The van der Waals surface area contributed by atoms with Crippen molar-refractivity contribution in [3.8, 4) is 11.5 Å². The average Bonchev–Trinajstić information content (AvgIpc) is 2.62. The normalized spacial score (nSPS) is 10.5. The third kappa shape index (κ3) is 5.80. The van der Waals surface area contributed by atoms with Crippen molar-refractivity contribution in [1.29, 1.82) is 0 Å². The van der Waals surface area contributed by atoms with Crippen LogP contribution in [0.1, 0.15) is 18.1 Å². The second-order valence-electron chi connectivity index (χ2n) is 5.69. The van der Waals surface area contributed by atoms with Gasteiger partial charge >= 0.3 is 0 Å². The van der Waals surface area contributed by atoms with Gasteiger partial charge in [0.25, 0.3) is 0 Å². The summed E-state index contributed by atoms with van der Waals surface area (Å²) in [6.45, 7) is 4.01. The number of phenolic OH excluding ortho intramolecular Hbond substituents is 1. The van der Waals surface area contributed by atoms with Crippen molar-refractivity contribution in [2.45, 2.75) is 19.9 Å². The average molecular weight is 343 g/mol. The van der Waals surface area contributed by atoms with E-state index in [1.54, 1.807) is 30.2 Å². The van der Waals surface area contributed by atoms with Crippen LogP contribution in [0.4, 0.5) is 0 Å².